The van der Waals surface area contributed by atoms with Gasteiger partial charge in [-0.15, -0.1) is 10.2 Å². The van der Waals surface area contributed by atoms with Crippen LogP contribution in [0, 0.1) is 0 Å². The summed E-state index contributed by atoms with van der Waals surface area (Å²) in [6, 6.07) is 12.5. The Balaban J connectivity index is 0.00000182. The van der Waals surface area contributed by atoms with E-state index < -0.39 is 5.97 Å². The molecule has 0 N–H and O–H groups in total. The van der Waals surface area contributed by atoms with E-state index in [9.17, 15) is 9.90 Å². The largest absolute Gasteiger partial charge is 1.00 e. The number of carboxylic acids is 1. The monoisotopic (exact) mass is 425 g/mol. The zero-order valence-corrected chi connectivity index (χ0v) is 18.0. The van der Waals surface area contributed by atoms with Crippen LogP contribution in [0.5, 0.6) is 0 Å². The van der Waals surface area contributed by atoms with E-state index in [0.29, 0.717) is 15.8 Å². The Hall–Kier alpha value is -0.860. The van der Waals surface area contributed by atoms with Gasteiger partial charge in [0.1, 0.15) is 0 Å². The van der Waals surface area contributed by atoms with E-state index in [1.807, 2.05) is 16.7 Å². The molecule has 1 saturated carbocycles. The molecule has 8 heteroatoms. The van der Waals surface area contributed by atoms with Gasteiger partial charge in [0.15, 0.2) is 5.16 Å². The van der Waals surface area contributed by atoms with Crippen LogP contribution in [0.1, 0.15) is 24.3 Å². The summed E-state index contributed by atoms with van der Waals surface area (Å²) in [6.07, 6.45) is 2.48. The van der Waals surface area contributed by atoms with Gasteiger partial charge in [-0.05, 0) is 51.7 Å². The molecule has 1 aliphatic rings. The number of hydrogen-bond acceptors (Lipinski definition) is 5. The van der Waals surface area contributed by atoms with E-state index in [0.717, 1.165) is 22.8 Å². The SMILES string of the molecule is O=C([O-])CSc1nnc(Br)n1-c1ccc(C2CC2)c2ccccc12.[Na+]. The molecule has 0 amide bonds. The van der Waals surface area contributed by atoms with E-state index in [1.165, 1.54) is 23.8 Å². The third kappa shape index (κ3) is 3.80. The molecule has 0 atom stereocenters. The average Bonchev–Trinajstić information content (AvgIpc) is 3.35. The van der Waals surface area contributed by atoms with Crippen LogP contribution in [0.4, 0.5) is 0 Å². The number of halogens is 1. The van der Waals surface area contributed by atoms with Crippen molar-refractivity contribution < 1.29 is 39.5 Å². The molecule has 0 bridgehead atoms. The van der Waals surface area contributed by atoms with Crippen LogP contribution in [0.3, 0.4) is 0 Å². The summed E-state index contributed by atoms with van der Waals surface area (Å²) in [6.45, 7) is 0. The van der Waals surface area contributed by atoms with Crippen molar-refractivity contribution in [2.75, 3.05) is 5.75 Å². The first-order valence-corrected chi connectivity index (χ1v) is 9.38. The van der Waals surface area contributed by atoms with Gasteiger partial charge in [0, 0.05) is 11.1 Å². The number of nitrogens with zero attached hydrogens (tertiary/aromatic N) is 3. The number of carboxylic acid groups (broad SMARTS) is 1. The molecule has 5 nitrogen and oxygen atoms in total. The number of hydrogen-bond donors (Lipinski definition) is 0. The number of fused-ring (bicyclic) bond motifs is 1. The first-order valence-electron chi connectivity index (χ1n) is 7.60. The summed E-state index contributed by atoms with van der Waals surface area (Å²) in [7, 11) is 0. The summed E-state index contributed by atoms with van der Waals surface area (Å²) < 4.78 is 2.39. The van der Waals surface area contributed by atoms with Crippen molar-refractivity contribution in [3.8, 4) is 5.69 Å². The van der Waals surface area contributed by atoms with Crippen molar-refractivity contribution >= 4 is 44.4 Å². The van der Waals surface area contributed by atoms with Crippen LogP contribution < -0.4 is 34.7 Å². The standard InChI is InChI=1S/C17H14BrN3O2S.Na/c18-16-19-20-17(24-9-15(22)23)21(16)14-8-7-11(10-5-6-10)12-3-1-2-4-13(12)14;/h1-4,7-8,10H,5-6,9H2,(H,22,23);/q;+1/p-1. The first-order chi connectivity index (χ1) is 11.6. The zero-order chi connectivity index (χ0) is 16.7. The predicted molar refractivity (Wildman–Crippen MR) is 94.3 cm³/mol. The molecule has 1 aliphatic carbocycles. The van der Waals surface area contributed by atoms with E-state index in [-0.39, 0.29) is 35.3 Å². The quantitative estimate of drug-likeness (QED) is 0.421. The summed E-state index contributed by atoms with van der Waals surface area (Å²) in [5, 5.41) is 21.7. The number of benzene rings is 2. The molecule has 0 aliphatic heterocycles. The van der Waals surface area contributed by atoms with Gasteiger partial charge in [0.05, 0.1) is 11.7 Å². The number of aliphatic carboxylic acids is 1. The summed E-state index contributed by atoms with van der Waals surface area (Å²) in [4.78, 5) is 10.8. The molecular formula is C17H13BrN3NaO2S. The summed E-state index contributed by atoms with van der Waals surface area (Å²) >= 11 is 4.52. The number of carbonyl (C=O) groups is 1. The molecule has 0 spiro atoms. The van der Waals surface area contributed by atoms with Crippen molar-refractivity contribution in [3.05, 3.63) is 46.7 Å². The fraction of sp³-hybridized carbons (Fsp3) is 0.235. The number of thioether (sulfide) groups is 1. The predicted octanol–water partition coefficient (Wildman–Crippen LogP) is -0.0936. The Morgan fingerprint density at radius 1 is 1.20 bits per heavy atom. The molecule has 1 fully saturated rings. The van der Waals surface area contributed by atoms with Crippen molar-refractivity contribution in [1.29, 1.82) is 0 Å². The van der Waals surface area contributed by atoms with Gasteiger partial charge < -0.3 is 9.90 Å². The van der Waals surface area contributed by atoms with Crippen LogP contribution in [0.25, 0.3) is 16.5 Å². The molecule has 25 heavy (non-hydrogen) atoms. The second kappa shape index (κ2) is 7.80. The first kappa shape index (κ1) is 18.9. The van der Waals surface area contributed by atoms with Gasteiger partial charge in [-0.2, -0.15) is 0 Å². The van der Waals surface area contributed by atoms with Crippen molar-refractivity contribution in [2.24, 2.45) is 0 Å². The molecule has 1 heterocycles. The number of carbonyl (C=O) groups excluding carboxylic acids is 1. The molecule has 1 aromatic heterocycles. The Labute approximate surface area is 179 Å². The third-order valence-electron chi connectivity index (χ3n) is 4.11. The molecule has 122 valence electrons. The van der Waals surface area contributed by atoms with Crippen LogP contribution in [-0.2, 0) is 4.79 Å². The van der Waals surface area contributed by atoms with Crippen LogP contribution in [0.15, 0.2) is 46.3 Å². The van der Waals surface area contributed by atoms with Gasteiger partial charge >= 0.3 is 29.6 Å². The minimum absolute atomic E-state index is 0. The maximum atomic E-state index is 10.8. The average molecular weight is 426 g/mol. The summed E-state index contributed by atoms with van der Waals surface area (Å²) in [5.41, 5.74) is 2.32. The maximum Gasteiger partial charge on any atom is 1.00 e. The molecule has 4 rings (SSSR count). The van der Waals surface area contributed by atoms with Gasteiger partial charge in [-0.3, -0.25) is 4.57 Å². The van der Waals surface area contributed by atoms with E-state index >= 15 is 0 Å². The molecule has 0 unspecified atom stereocenters. The van der Waals surface area contributed by atoms with Crippen LogP contribution >= 0.6 is 27.7 Å². The van der Waals surface area contributed by atoms with Gasteiger partial charge in [0.25, 0.3) is 0 Å². The smallest absolute Gasteiger partial charge is 0.549 e. The Morgan fingerprint density at radius 3 is 2.60 bits per heavy atom. The van der Waals surface area contributed by atoms with Gasteiger partial charge in [-0.1, -0.05) is 42.1 Å². The Kier molecular flexibility index (Phi) is 5.90. The van der Waals surface area contributed by atoms with Gasteiger partial charge in [-0.25, -0.2) is 0 Å². The van der Waals surface area contributed by atoms with Crippen molar-refractivity contribution in [3.63, 3.8) is 0 Å². The molecule has 3 aromatic rings. The van der Waals surface area contributed by atoms with E-state index in [1.54, 1.807) is 0 Å². The van der Waals surface area contributed by atoms with E-state index in [4.69, 9.17) is 0 Å². The van der Waals surface area contributed by atoms with Crippen LogP contribution in [-0.4, -0.2) is 26.5 Å². The Morgan fingerprint density at radius 2 is 1.92 bits per heavy atom. The number of aromatic nitrogens is 3. The fourth-order valence-electron chi connectivity index (χ4n) is 2.92. The molecule has 0 saturated heterocycles. The fourth-order valence-corrected chi connectivity index (χ4v) is 4.14. The van der Waals surface area contributed by atoms with E-state index in [2.05, 4.69) is 50.4 Å². The van der Waals surface area contributed by atoms with Crippen LogP contribution in [0.2, 0.25) is 0 Å². The molecule has 0 radical (unpaired) electrons. The zero-order valence-electron chi connectivity index (χ0n) is 13.6. The van der Waals surface area contributed by atoms with Crippen molar-refractivity contribution in [2.45, 2.75) is 23.9 Å². The topological polar surface area (TPSA) is 70.8 Å². The third-order valence-corrected chi connectivity index (χ3v) is 5.52. The van der Waals surface area contributed by atoms with Crippen molar-refractivity contribution in [1.82, 2.24) is 14.8 Å². The van der Waals surface area contributed by atoms with Gasteiger partial charge in [0.2, 0.25) is 4.73 Å². The minimum atomic E-state index is -1.13. The summed E-state index contributed by atoms with van der Waals surface area (Å²) in [5.74, 6) is -0.636. The number of rotatable bonds is 5. The minimum Gasteiger partial charge on any atom is -0.549 e. The molecule has 2 aromatic carbocycles. The Bertz CT molecular complexity index is 943. The second-order valence-electron chi connectivity index (χ2n) is 5.74. The normalized spacial score (nSPS) is 13.6. The second-order valence-corrected chi connectivity index (χ2v) is 7.39. The molecular weight excluding hydrogens is 413 g/mol. The maximum absolute atomic E-state index is 10.8.